The summed E-state index contributed by atoms with van der Waals surface area (Å²) in [4.78, 5) is 29.3. The summed E-state index contributed by atoms with van der Waals surface area (Å²) in [5.74, 6) is -0.0340. The molecular formula is C19H17NO3. The van der Waals surface area contributed by atoms with E-state index in [9.17, 15) is 9.59 Å². The van der Waals surface area contributed by atoms with Crippen LogP contribution < -0.4 is 0 Å². The van der Waals surface area contributed by atoms with Crippen molar-refractivity contribution in [3.05, 3.63) is 58.3 Å². The van der Waals surface area contributed by atoms with Crippen molar-refractivity contribution in [3.8, 4) is 0 Å². The van der Waals surface area contributed by atoms with E-state index in [1.165, 1.54) is 31.3 Å². The van der Waals surface area contributed by atoms with Gasteiger partial charge in [-0.1, -0.05) is 42.7 Å². The van der Waals surface area contributed by atoms with E-state index in [1.807, 2.05) is 6.08 Å². The topological polar surface area (TPSA) is 60.2 Å². The maximum Gasteiger partial charge on any atom is 0.231 e. The van der Waals surface area contributed by atoms with Gasteiger partial charge in [-0.15, -0.1) is 0 Å². The summed E-state index contributed by atoms with van der Waals surface area (Å²) in [6, 6.07) is 6.82. The molecule has 1 aromatic heterocycles. The number of ketones is 2. The summed E-state index contributed by atoms with van der Waals surface area (Å²) in [6.07, 6.45) is 8.85. The molecule has 2 aromatic rings. The number of hydrogen-bond donors (Lipinski definition) is 0. The molecule has 0 radical (unpaired) electrons. The van der Waals surface area contributed by atoms with Gasteiger partial charge in [0.25, 0.3) is 0 Å². The van der Waals surface area contributed by atoms with Crippen LogP contribution in [0.25, 0.3) is 6.08 Å². The standard InChI is InChI=1S/C19H17NO3/c21-17-13-9-5-6-10-14(13)18(22)19-16(17)20-15(23-19)11-12-7-3-1-2-4-8-12/h5-6,9-11H,1-4,7-8H2. The molecule has 4 rings (SSSR count). The molecule has 0 saturated heterocycles. The summed E-state index contributed by atoms with van der Waals surface area (Å²) < 4.78 is 5.63. The molecule has 0 amide bonds. The summed E-state index contributed by atoms with van der Waals surface area (Å²) in [5, 5.41) is 0. The summed E-state index contributed by atoms with van der Waals surface area (Å²) >= 11 is 0. The van der Waals surface area contributed by atoms with Crippen LogP contribution in [0.5, 0.6) is 0 Å². The third kappa shape index (κ3) is 2.44. The Kier molecular flexibility index (Phi) is 3.45. The number of oxazole rings is 1. The highest BCUT2D eigenvalue weighted by Crippen LogP contribution is 2.29. The number of rotatable bonds is 1. The zero-order valence-electron chi connectivity index (χ0n) is 12.8. The highest BCUT2D eigenvalue weighted by Gasteiger charge is 2.34. The van der Waals surface area contributed by atoms with E-state index in [-0.39, 0.29) is 23.0 Å². The number of hydrogen-bond acceptors (Lipinski definition) is 4. The van der Waals surface area contributed by atoms with Crippen LogP contribution in [0.2, 0.25) is 0 Å². The molecule has 2 aliphatic carbocycles. The van der Waals surface area contributed by atoms with Crippen LogP contribution in [0.1, 0.15) is 76.6 Å². The lowest BCUT2D eigenvalue weighted by Gasteiger charge is -2.10. The van der Waals surface area contributed by atoms with Crippen molar-refractivity contribution in [1.29, 1.82) is 0 Å². The van der Waals surface area contributed by atoms with Crippen molar-refractivity contribution in [2.75, 3.05) is 0 Å². The summed E-state index contributed by atoms with van der Waals surface area (Å²) in [5.41, 5.74) is 2.24. The Bertz CT molecular complexity index is 766. The van der Waals surface area contributed by atoms with Crippen molar-refractivity contribution in [2.24, 2.45) is 0 Å². The van der Waals surface area contributed by atoms with Gasteiger partial charge in [-0.05, 0) is 31.8 Å². The lowest BCUT2D eigenvalue weighted by atomic mass is 9.91. The number of aromatic nitrogens is 1. The quantitative estimate of drug-likeness (QED) is 0.632. The van der Waals surface area contributed by atoms with Crippen molar-refractivity contribution >= 4 is 17.6 Å². The smallest absolute Gasteiger partial charge is 0.231 e. The van der Waals surface area contributed by atoms with E-state index >= 15 is 0 Å². The van der Waals surface area contributed by atoms with Crippen LogP contribution in [-0.2, 0) is 0 Å². The van der Waals surface area contributed by atoms with Crippen LogP contribution in [0.4, 0.5) is 0 Å². The van der Waals surface area contributed by atoms with E-state index in [0.29, 0.717) is 17.0 Å². The largest absolute Gasteiger partial charge is 0.432 e. The molecule has 4 heteroatoms. The van der Waals surface area contributed by atoms with Crippen LogP contribution in [-0.4, -0.2) is 16.6 Å². The van der Waals surface area contributed by atoms with Crippen molar-refractivity contribution in [2.45, 2.75) is 38.5 Å². The second-order valence-corrected chi connectivity index (χ2v) is 6.15. The minimum Gasteiger partial charge on any atom is -0.432 e. The average Bonchev–Trinajstić information content (AvgIpc) is 2.82. The van der Waals surface area contributed by atoms with Crippen LogP contribution in [0.15, 0.2) is 34.3 Å². The third-order valence-electron chi connectivity index (χ3n) is 4.55. The minimum absolute atomic E-state index is 0.0779. The van der Waals surface area contributed by atoms with E-state index in [2.05, 4.69) is 4.98 Å². The first-order valence-electron chi connectivity index (χ1n) is 8.13. The highest BCUT2D eigenvalue weighted by atomic mass is 16.4. The van der Waals surface area contributed by atoms with Crippen molar-refractivity contribution in [3.63, 3.8) is 0 Å². The molecule has 0 N–H and O–H groups in total. The minimum atomic E-state index is -0.256. The van der Waals surface area contributed by atoms with E-state index in [4.69, 9.17) is 4.42 Å². The first-order valence-corrected chi connectivity index (χ1v) is 8.13. The number of nitrogens with zero attached hydrogens (tertiary/aromatic N) is 1. The SMILES string of the molecule is O=C1c2ccccc2C(=O)c2oc(C=C3CCCCCC3)nc21. The molecule has 0 atom stereocenters. The molecule has 23 heavy (non-hydrogen) atoms. The predicted octanol–water partition coefficient (Wildman–Crippen LogP) is 4.19. The first-order chi connectivity index (χ1) is 11.2. The Labute approximate surface area is 134 Å². The van der Waals surface area contributed by atoms with Gasteiger partial charge in [0, 0.05) is 11.1 Å². The van der Waals surface area contributed by atoms with Gasteiger partial charge < -0.3 is 4.42 Å². The fraction of sp³-hybridized carbons (Fsp3) is 0.316. The maximum atomic E-state index is 12.5. The molecule has 0 aliphatic heterocycles. The number of benzene rings is 1. The zero-order valence-corrected chi connectivity index (χ0v) is 12.8. The molecule has 2 aliphatic rings. The molecule has 4 nitrogen and oxygen atoms in total. The van der Waals surface area contributed by atoms with Gasteiger partial charge >= 0.3 is 0 Å². The van der Waals surface area contributed by atoms with Gasteiger partial charge in [0.1, 0.15) is 0 Å². The second kappa shape index (κ2) is 5.61. The normalized spacial score (nSPS) is 17.5. The van der Waals surface area contributed by atoms with Gasteiger partial charge in [0.05, 0.1) is 0 Å². The average molecular weight is 307 g/mol. The second-order valence-electron chi connectivity index (χ2n) is 6.15. The third-order valence-corrected chi connectivity index (χ3v) is 4.55. The van der Waals surface area contributed by atoms with Gasteiger partial charge in [-0.25, -0.2) is 4.98 Å². The van der Waals surface area contributed by atoms with Crippen molar-refractivity contribution in [1.82, 2.24) is 4.98 Å². The van der Waals surface area contributed by atoms with Gasteiger partial charge in [0.2, 0.25) is 23.2 Å². The fourth-order valence-electron chi connectivity index (χ4n) is 3.34. The van der Waals surface area contributed by atoms with E-state index in [0.717, 1.165) is 12.8 Å². The first kappa shape index (κ1) is 14.1. The van der Waals surface area contributed by atoms with Gasteiger partial charge in [-0.2, -0.15) is 0 Å². The van der Waals surface area contributed by atoms with Crippen LogP contribution >= 0.6 is 0 Å². The fourth-order valence-corrected chi connectivity index (χ4v) is 3.34. The molecule has 0 spiro atoms. The molecule has 1 fully saturated rings. The lowest BCUT2D eigenvalue weighted by Crippen LogP contribution is -2.19. The maximum absolute atomic E-state index is 12.5. The Hall–Kier alpha value is -2.49. The molecule has 1 heterocycles. The molecule has 0 bridgehead atoms. The van der Waals surface area contributed by atoms with Crippen LogP contribution in [0.3, 0.4) is 0 Å². The van der Waals surface area contributed by atoms with Gasteiger partial charge in [0.15, 0.2) is 5.69 Å². The number of allylic oxidation sites excluding steroid dienone is 1. The van der Waals surface area contributed by atoms with E-state index in [1.54, 1.807) is 24.3 Å². The number of carbonyl (C=O) groups is 2. The zero-order chi connectivity index (χ0) is 15.8. The molecular weight excluding hydrogens is 290 g/mol. The monoisotopic (exact) mass is 307 g/mol. The van der Waals surface area contributed by atoms with E-state index < -0.39 is 0 Å². The highest BCUT2D eigenvalue weighted by molar-refractivity contribution is 6.26. The summed E-state index contributed by atoms with van der Waals surface area (Å²) in [7, 11) is 0. The number of carbonyl (C=O) groups excluding carboxylic acids is 2. The Morgan fingerprint density at radius 2 is 1.57 bits per heavy atom. The summed E-state index contributed by atoms with van der Waals surface area (Å²) in [6.45, 7) is 0. The molecule has 0 unspecified atom stereocenters. The predicted molar refractivity (Wildman–Crippen MR) is 85.5 cm³/mol. The molecule has 116 valence electrons. The molecule has 1 aromatic carbocycles. The molecule has 1 saturated carbocycles. The van der Waals surface area contributed by atoms with Gasteiger partial charge in [-0.3, -0.25) is 9.59 Å². The van der Waals surface area contributed by atoms with Crippen molar-refractivity contribution < 1.29 is 14.0 Å². The Balaban J connectivity index is 1.74. The Morgan fingerprint density at radius 1 is 0.913 bits per heavy atom. The lowest BCUT2D eigenvalue weighted by molar-refractivity contribution is 0.0958. The Morgan fingerprint density at radius 3 is 2.26 bits per heavy atom. The van der Waals surface area contributed by atoms with Crippen LogP contribution in [0, 0.1) is 0 Å². The number of fused-ring (bicyclic) bond motifs is 2.